The molecule has 94 valence electrons. The van der Waals surface area contributed by atoms with Gasteiger partial charge >= 0.3 is 6.18 Å². The number of halogens is 3. The molecule has 1 saturated carbocycles. The highest BCUT2D eigenvalue weighted by molar-refractivity contribution is 7.42. The third-order valence-electron chi connectivity index (χ3n) is 2.44. The van der Waals surface area contributed by atoms with Crippen molar-refractivity contribution in [3.05, 3.63) is 11.9 Å². The van der Waals surface area contributed by atoms with E-state index in [1.807, 2.05) is 0 Å². The van der Waals surface area contributed by atoms with E-state index in [4.69, 9.17) is 4.52 Å². The van der Waals surface area contributed by atoms with Crippen LogP contribution in [0.15, 0.2) is 11.9 Å². The summed E-state index contributed by atoms with van der Waals surface area (Å²) in [6, 6.07) is 0. The molecule has 1 rings (SSSR count). The van der Waals surface area contributed by atoms with E-state index >= 15 is 0 Å². The van der Waals surface area contributed by atoms with Gasteiger partial charge < -0.3 is 4.52 Å². The molecule has 1 fully saturated rings. The summed E-state index contributed by atoms with van der Waals surface area (Å²) in [4.78, 5) is 0. The molecule has 0 radical (unpaired) electrons. The van der Waals surface area contributed by atoms with Crippen molar-refractivity contribution in [1.29, 1.82) is 0 Å². The van der Waals surface area contributed by atoms with Gasteiger partial charge in [0.05, 0.1) is 12.5 Å². The summed E-state index contributed by atoms with van der Waals surface area (Å²) in [5, 5.41) is 0. The van der Waals surface area contributed by atoms with E-state index in [1.165, 1.54) is 0 Å². The topological polar surface area (TPSA) is 26.3 Å². The lowest BCUT2D eigenvalue weighted by Gasteiger charge is -2.20. The van der Waals surface area contributed by atoms with E-state index < -0.39 is 20.6 Å². The molecule has 0 heterocycles. The van der Waals surface area contributed by atoms with E-state index in [9.17, 15) is 17.7 Å². The first-order valence-electron chi connectivity index (χ1n) is 5.41. The summed E-state index contributed by atoms with van der Waals surface area (Å²) in [6.07, 6.45) is 0.552. The second kappa shape index (κ2) is 6.45. The van der Waals surface area contributed by atoms with Gasteiger partial charge in [-0.2, -0.15) is 13.2 Å². The average Bonchev–Trinajstić information content (AvgIpc) is 2.17. The smallest absolute Gasteiger partial charge is 0.324 e. The van der Waals surface area contributed by atoms with Crippen molar-refractivity contribution in [2.45, 2.75) is 50.8 Å². The molecule has 16 heavy (non-hydrogen) atoms. The fourth-order valence-electron chi connectivity index (χ4n) is 1.68. The largest absolute Gasteiger partial charge is 0.392 e. The van der Waals surface area contributed by atoms with Crippen LogP contribution in [0, 0.1) is 0 Å². The minimum absolute atomic E-state index is 0.0318. The summed E-state index contributed by atoms with van der Waals surface area (Å²) in [5.41, 5.74) is 0. The Morgan fingerprint density at radius 1 is 1.25 bits per heavy atom. The van der Waals surface area contributed by atoms with Crippen LogP contribution in [0.1, 0.15) is 38.5 Å². The van der Waals surface area contributed by atoms with Crippen LogP contribution < -0.4 is 0 Å². The van der Waals surface area contributed by atoms with E-state index in [0.29, 0.717) is 0 Å². The molecule has 0 spiro atoms. The van der Waals surface area contributed by atoms with Gasteiger partial charge in [0.1, 0.15) is 0 Å². The lowest BCUT2D eigenvalue weighted by molar-refractivity contribution is -0.124. The molecule has 0 saturated heterocycles. The van der Waals surface area contributed by atoms with E-state index in [2.05, 4.69) is 0 Å². The molecule has 1 aliphatic rings. The van der Waals surface area contributed by atoms with E-state index in [1.54, 1.807) is 0 Å². The Morgan fingerprint density at radius 2 is 1.88 bits per heavy atom. The molecule has 0 aliphatic heterocycles. The van der Waals surface area contributed by atoms with Gasteiger partial charge in [-0.25, -0.2) is 0 Å². The van der Waals surface area contributed by atoms with Gasteiger partial charge in [-0.15, -0.1) is 0 Å². The van der Waals surface area contributed by atoms with Gasteiger partial charge in [0, 0.05) is 0 Å². The number of allylic oxidation sites excluding steroid dienone is 1. The first-order valence-corrected chi connectivity index (χ1v) is 6.81. The summed E-state index contributed by atoms with van der Waals surface area (Å²) in [7, 11) is -2.44. The minimum Gasteiger partial charge on any atom is -0.324 e. The molecule has 1 aliphatic carbocycles. The minimum atomic E-state index is -4.23. The first kappa shape index (κ1) is 13.8. The van der Waals surface area contributed by atoms with Gasteiger partial charge in [-0.1, -0.05) is 25.3 Å². The summed E-state index contributed by atoms with van der Waals surface area (Å²) in [5.74, 6) is 1.05. The maximum atomic E-state index is 11.8. The maximum Gasteiger partial charge on any atom is 0.392 e. The molecular weight excluding hydrogens is 240 g/mol. The van der Waals surface area contributed by atoms with Crippen LogP contribution in [-0.4, -0.2) is 12.3 Å². The van der Waals surface area contributed by atoms with Gasteiger partial charge in [0.25, 0.3) is 0 Å². The molecule has 1 unspecified atom stereocenters. The normalized spacial score (nSPS) is 21.4. The molecule has 1 atom stereocenters. The Labute approximate surface area is 93.7 Å². The molecule has 0 aromatic rings. The third kappa shape index (κ3) is 6.33. The summed E-state index contributed by atoms with van der Waals surface area (Å²) >= 11 is 0. The standard InChI is InChI=1S/C10H16F3O2P/c11-10(12,13)7-4-8-16(14)15-9-5-2-1-3-6-9/h4,8-9,16H,1-3,5-7H2. The monoisotopic (exact) mass is 256 g/mol. The Morgan fingerprint density at radius 3 is 2.44 bits per heavy atom. The number of hydrogen-bond donors (Lipinski definition) is 0. The molecule has 0 N–H and O–H groups in total. The highest BCUT2D eigenvalue weighted by Crippen LogP contribution is 2.33. The van der Waals surface area contributed by atoms with Crippen molar-refractivity contribution in [1.82, 2.24) is 0 Å². The van der Waals surface area contributed by atoms with Crippen molar-refractivity contribution in [3.63, 3.8) is 0 Å². The summed E-state index contributed by atoms with van der Waals surface area (Å²) < 4.78 is 51.8. The number of hydrogen-bond acceptors (Lipinski definition) is 2. The van der Waals surface area contributed by atoms with Crippen molar-refractivity contribution < 1.29 is 22.3 Å². The summed E-state index contributed by atoms with van der Waals surface area (Å²) in [6.45, 7) is 0. The van der Waals surface area contributed by atoms with Crippen LogP contribution in [0.4, 0.5) is 13.2 Å². The van der Waals surface area contributed by atoms with Gasteiger partial charge in [0.15, 0.2) is 0 Å². The predicted molar refractivity (Wildman–Crippen MR) is 56.8 cm³/mol. The van der Waals surface area contributed by atoms with Crippen molar-refractivity contribution in [2.75, 3.05) is 0 Å². The zero-order valence-electron chi connectivity index (χ0n) is 8.93. The zero-order chi connectivity index (χ0) is 12.0. The Hall–Kier alpha value is -0.280. The predicted octanol–water partition coefficient (Wildman–Crippen LogP) is 4.28. The zero-order valence-corrected chi connectivity index (χ0v) is 9.93. The lowest BCUT2D eigenvalue weighted by atomic mass is 9.98. The van der Waals surface area contributed by atoms with Gasteiger partial charge in [-0.3, -0.25) is 4.57 Å². The van der Waals surface area contributed by atoms with Crippen LogP contribution >= 0.6 is 8.03 Å². The highest BCUT2D eigenvalue weighted by Gasteiger charge is 2.24. The van der Waals surface area contributed by atoms with Crippen molar-refractivity contribution in [3.8, 4) is 0 Å². The Bertz CT molecular complexity index is 257. The molecule has 0 amide bonds. The highest BCUT2D eigenvalue weighted by atomic mass is 31.1. The SMILES string of the molecule is O=[PH](C=CCC(F)(F)F)OC1CCCCC1. The molecule has 0 bridgehead atoms. The first-order chi connectivity index (χ1) is 7.47. The average molecular weight is 256 g/mol. The third-order valence-corrected chi connectivity index (χ3v) is 3.51. The van der Waals surface area contributed by atoms with Crippen LogP contribution in [0.2, 0.25) is 0 Å². The van der Waals surface area contributed by atoms with E-state index in [0.717, 1.165) is 44.0 Å². The molecule has 0 aromatic carbocycles. The number of alkyl halides is 3. The second-order valence-electron chi connectivity index (χ2n) is 3.92. The number of rotatable bonds is 4. The van der Waals surface area contributed by atoms with Crippen molar-refractivity contribution in [2.24, 2.45) is 0 Å². The molecule has 0 aromatic heterocycles. The quantitative estimate of drug-likeness (QED) is 0.702. The second-order valence-corrected chi connectivity index (χ2v) is 5.13. The lowest BCUT2D eigenvalue weighted by Crippen LogP contribution is -2.12. The van der Waals surface area contributed by atoms with Gasteiger partial charge in [-0.05, 0) is 18.7 Å². The Balaban J connectivity index is 2.24. The molecule has 2 nitrogen and oxygen atoms in total. The van der Waals surface area contributed by atoms with Gasteiger partial charge in [0.2, 0.25) is 8.03 Å². The van der Waals surface area contributed by atoms with Crippen molar-refractivity contribution >= 4 is 8.03 Å². The maximum absolute atomic E-state index is 11.8. The van der Waals surface area contributed by atoms with Crippen LogP contribution in [0.25, 0.3) is 0 Å². The fraction of sp³-hybridized carbons (Fsp3) is 0.800. The van der Waals surface area contributed by atoms with E-state index in [-0.39, 0.29) is 6.10 Å². The van der Waals surface area contributed by atoms with Crippen LogP contribution in [0.5, 0.6) is 0 Å². The Kier molecular flexibility index (Phi) is 5.56. The fourth-order valence-corrected chi connectivity index (χ4v) is 2.63. The van der Waals surface area contributed by atoms with Crippen LogP contribution in [0.3, 0.4) is 0 Å². The van der Waals surface area contributed by atoms with Crippen LogP contribution in [-0.2, 0) is 9.09 Å². The molecular formula is C10H16F3O2P. The molecule has 6 heteroatoms.